The highest BCUT2D eigenvalue weighted by molar-refractivity contribution is 5.80. The zero-order valence-electron chi connectivity index (χ0n) is 13.2. The Kier molecular flexibility index (Phi) is 7.02. The molecule has 0 saturated heterocycles. The molecular weight excluding hydrogens is 270 g/mol. The van der Waals surface area contributed by atoms with Crippen LogP contribution < -0.4 is 14.8 Å². The summed E-state index contributed by atoms with van der Waals surface area (Å²) in [5.74, 6) is 0.915. The van der Waals surface area contributed by atoms with Gasteiger partial charge in [0.15, 0.2) is 6.10 Å². The molecule has 21 heavy (non-hydrogen) atoms. The van der Waals surface area contributed by atoms with Gasteiger partial charge in [0, 0.05) is 18.2 Å². The van der Waals surface area contributed by atoms with E-state index in [4.69, 9.17) is 9.47 Å². The van der Waals surface area contributed by atoms with Gasteiger partial charge in [0.25, 0.3) is 5.91 Å². The Hall–Kier alpha value is -1.75. The van der Waals surface area contributed by atoms with Crippen LogP contribution >= 0.6 is 0 Å². The van der Waals surface area contributed by atoms with Crippen LogP contribution in [-0.2, 0) is 4.79 Å². The molecule has 5 heteroatoms. The first-order chi connectivity index (χ1) is 9.99. The van der Waals surface area contributed by atoms with Gasteiger partial charge >= 0.3 is 0 Å². The minimum atomic E-state index is -0.679. The van der Waals surface area contributed by atoms with Gasteiger partial charge in [-0.1, -0.05) is 13.3 Å². The summed E-state index contributed by atoms with van der Waals surface area (Å²) in [5, 5.41) is 12.6. The van der Waals surface area contributed by atoms with Gasteiger partial charge in [0.05, 0.1) is 13.2 Å². The Bertz CT molecular complexity index is 460. The van der Waals surface area contributed by atoms with E-state index in [1.54, 1.807) is 39.2 Å². The number of hydrogen-bond donors (Lipinski definition) is 2. The number of unbranched alkanes of at least 4 members (excludes halogenated alkanes) is 1. The number of carbonyl (C=O) groups excluding carboxylic acids is 1. The number of rotatable bonds is 8. The Morgan fingerprint density at radius 2 is 2.10 bits per heavy atom. The Labute approximate surface area is 126 Å². The quantitative estimate of drug-likeness (QED) is 0.723. The number of nitrogens with one attached hydrogen (secondary N) is 1. The summed E-state index contributed by atoms with van der Waals surface area (Å²) >= 11 is 0. The van der Waals surface area contributed by atoms with Crippen molar-refractivity contribution in [2.45, 2.75) is 45.8 Å². The second-order valence-electron chi connectivity index (χ2n) is 4.98. The van der Waals surface area contributed by atoms with Crippen LogP contribution in [0.2, 0.25) is 0 Å². The maximum absolute atomic E-state index is 11.9. The monoisotopic (exact) mass is 295 g/mol. The molecule has 0 saturated carbocycles. The van der Waals surface area contributed by atoms with Gasteiger partial charge in [-0.05, 0) is 32.4 Å². The molecule has 0 fully saturated rings. The molecule has 1 aromatic rings. The lowest BCUT2D eigenvalue weighted by atomic mass is 10.1. The predicted octanol–water partition coefficient (Wildman–Crippen LogP) is 2.43. The molecule has 1 amide bonds. The largest absolute Gasteiger partial charge is 0.497 e. The second kappa shape index (κ2) is 8.52. The minimum absolute atomic E-state index is 0.164. The van der Waals surface area contributed by atoms with Gasteiger partial charge in [0.1, 0.15) is 11.5 Å². The summed E-state index contributed by atoms with van der Waals surface area (Å²) in [6.45, 7) is 6.05. The van der Waals surface area contributed by atoms with Crippen LogP contribution in [0, 0.1) is 0 Å². The molecule has 0 aliphatic rings. The number of aliphatic hydroxyl groups excluding tert-OH is 1. The molecule has 0 aliphatic carbocycles. The fourth-order valence-corrected chi connectivity index (χ4v) is 1.86. The molecule has 0 radical (unpaired) electrons. The zero-order chi connectivity index (χ0) is 15.8. The Balaban J connectivity index is 2.77. The van der Waals surface area contributed by atoms with E-state index in [1.165, 1.54) is 0 Å². The van der Waals surface area contributed by atoms with Gasteiger partial charge in [-0.2, -0.15) is 0 Å². The van der Waals surface area contributed by atoms with E-state index in [2.05, 4.69) is 12.2 Å². The summed E-state index contributed by atoms with van der Waals surface area (Å²) in [5.41, 5.74) is 0.629. The normalized spacial score (nSPS) is 13.4. The maximum Gasteiger partial charge on any atom is 0.260 e. The smallest absolute Gasteiger partial charge is 0.260 e. The van der Waals surface area contributed by atoms with Gasteiger partial charge in [-0.15, -0.1) is 0 Å². The molecule has 1 rings (SSSR count). The summed E-state index contributed by atoms with van der Waals surface area (Å²) < 4.78 is 10.8. The molecule has 118 valence electrons. The molecule has 2 N–H and O–H groups in total. The number of aliphatic hydroxyl groups is 1. The number of amides is 1. The van der Waals surface area contributed by atoms with Crippen molar-refractivity contribution in [3.05, 3.63) is 23.8 Å². The standard InChI is InChI=1S/C16H25NO4/c1-5-6-9-17-16(19)12(3)21-15-10-13(20-4)7-8-14(15)11(2)18/h7-8,10-12,18H,5-6,9H2,1-4H3,(H,17,19)/t11-,12?/m0/s1. The number of methoxy groups -OCH3 is 1. The Morgan fingerprint density at radius 1 is 1.38 bits per heavy atom. The zero-order valence-corrected chi connectivity index (χ0v) is 13.2. The third-order valence-electron chi connectivity index (χ3n) is 3.17. The average Bonchev–Trinajstić information content (AvgIpc) is 2.46. The van der Waals surface area contributed by atoms with Gasteiger partial charge in [-0.3, -0.25) is 4.79 Å². The molecule has 0 aliphatic heterocycles. The number of ether oxygens (including phenoxy) is 2. The van der Waals surface area contributed by atoms with E-state index in [-0.39, 0.29) is 5.91 Å². The van der Waals surface area contributed by atoms with Crippen molar-refractivity contribution in [3.8, 4) is 11.5 Å². The minimum Gasteiger partial charge on any atom is -0.497 e. The van der Waals surface area contributed by atoms with E-state index in [1.807, 2.05) is 0 Å². The van der Waals surface area contributed by atoms with Crippen molar-refractivity contribution in [2.24, 2.45) is 0 Å². The summed E-state index contributed by atoms with van der Waals surface area (Å²) in [7, 11) is 1.56. The predicted molar refractivity (Wildman–Crippen MR) is 81.6 cm³/mol. The first kappa shape index (κ1) is 17.3. The molecule has 0 spiro atoms. The molecule has 5 nitrogen and oxygen atoms in total. The van der Waals surface area contributed by atoms with Gasteiger partial charge in [0.2, 0.25) is 0 Å². The summed E-state index contributed by atoms with van der Waals surface area (Å²) in [4.78, 5) is 11.9. The van der Waals surface area contributed by atoms with Crippen LogP contribution in [0.3, 0.4) is 0 Å². The highest BCUT2D eigenvalue weighted by Crippen LogP contribution is 2.30. The third kappa shape index (κ3) is 5.27. The number of carbonyl (C=O) groups is 1. The molecular formula is C16H25NO4. The van der Waals surface area contributed by atoms with E-state index in [9.17, 15) is 9.90 Å². The number of hydrogen-bond acceptors (Lipinski definition) is 4. The fourth-order valence-electron chi connectivity index (χ4n) is 1.86. The molecule has 2 atom stereocenters. The SMILES string of the molecule is CCCCNC(=O)C(C)Oc1cc(OC)ccc1[C@H](C)O. The summed E-state index contributed by atoms with van der Waals surface area (Å²) in [6.07, 6.45) is 0.654. The first-order valence-corrected chi connectivity index (χ1v) is 7.30. The van der Waals surface area contributed by atoms with E-state index < -0.39 is 12.2 Å². The molecule has 0 heterocycles. The van der Waals surface area contributed by atoms with Crippen molar-refractivity contribution < 1.29 is 19.4 Å². The van der Waals surface area contributed by atoms with Gasteiger partial charge < -0.3 is 19.9 Å². The topological polar surface area (TPSA) is 67.8 Å². The lowest BCUT2D eigenvalue weighted by molar-refractivity contribution is -0.127. The van der Waals surface area contributed by atoms with E-state index >= 15 is 0 Å². The lowest BCUT2D eigenvalue weighted by Gasteiger charge is -2.19. The summed E-state index contributed by atoms with van der Waals surface area (Å²) in [6, 6.07) is 5.17. The highest BCUT2D eigenvalue weighted by atomic mass is 16.5. The van der Waals surface area contributed by atoms with Crippen molar-refractivity contribution in [1.29, 1.82) is 0 Å². The molecule has 1 aromatic carbocycles. The molecule has 0 bridgehead atoms. The van der Waals surface area contributed by atoms with Crippen molar-refractivity contribution >= 4 is 5.91 Å². The fraction of sp³-hybridized carbons (Fsp3) is 0.562. The Morgan fingerprint density at radius 3 is 2.67 bits per heavy atom. The second-order valence-corrected chi connectivity index (χ2v) is 4.98. The number of benzene rings is 1. The first-order valence-electron chi connectivity index (χ1n) is 7.30. The van der Waals surface area contributed by atoms with Crippen molar-refractivity contribution in [3.63, 3.8) is 0 Å². The van der Waals surface area contributed by atoms with Crippen LogP contribution in [0.4, 0.5) is 0 Å². The maximum atomic E-state index is 11.9. The van der Waals surface area contributed by atoms with E-state index in [0.29, 0.717) is 23.6 Å². The van der Waals surface area contributed by atoms with Crippen LogP contribution in [0.5, 0.6) is 11.5 Å². The molecule has 0 aromatic heterocycles. The van der Waals surface area contributed by atoms with Crippen LogP contribution in [0.1, 0.15) is 45.3 Å². The molecule has 1 unspecified atom stereocenters. The van der Waals surface area contributed by atoms with Crippen LogP contribution in [0.15, 0.2) is 18.2 Å². The third-order valence-corrected chi connectivity index (χ3v) is 3.17. The van der Waals surface area contributed by atoms with E-state index in [0.717, 1.165) is 12.8 Å². The van der Waals surface area contributed by atoms with Crippen LogP contribution in [0.25, 0.3) is 0 Å². The van der Waals surface area contributed by atoms with Crippen molar-refractivity contribution in [1.82, 2.24) is 5.32 Å². The van der Waals surface area contributed by atoms with Crippen LogP contribution in [-0.4, -0.2) is 30.8 Å². The van der Waals surface area contributed by atoms with Crippen molar-refractivity contribution in [2.75, 3.05) is 13.7 Å². The highest BCUT2D eigenvalue weighted by Gasteiger charge is 2.18. The van der Waals surface area contributed by atoms with Gasteiger partial charge in [-0.25, -0.2) is 0 Å². The lowest BCUT2D eigenvalue weighted by Crippen LogP contribution is -2.37. The average molecular weight is 295 g/mol.